The van der Waals surface area contributed by atoms with E-state index in [0.29, 0.717) is 13.1 Å². The maximum absolute atomic E-state index is 12.5. The molecule has 27 heavy (non-hydrogen) atoms. The molecule has 1 fully saturated rings. The van der Waals surface area contributed by atoms with Crippen molar-refractivity contribution in [3.63, 3.8) is 0 Å². The summed E-state index contributed by atoms with van der Waals surface area (Å²) in [5, 5.41) is 12.0. The van der Waals surface area contributed by atoms with E-state index in [0.717, 1.165) is 11.1 Å². The lowest BCUT2D eigenvalue weighted by Gasteiger charge is -2.19. The van der Waals surface area contributed by atoms with Crippen LogP contribution in [0.1, 0.15) is 17.5 Å². The predicted octanol–water partition coefficient (Wildman–Crippen LogP) is 1.85. The van der Waals surface area contributed by atoms with Gasteiger partial charge >= 0.3 is 5.97 Å². The third-order valence-electron chi connectivity index (χ3n) is 4.70. The van der Waals surface area contributed by atoms with Crippen LogP contribution in [-0.2, 0) is 27.3 Å². The number of carboxylic acid groups (broad SMARTS) is 1. The smallest absolute Gasteiger partial charge is 0.326 e. The van der Waals surface area contributed by atoms with E-state index in [-0.39, 0.29) is 24.7 Å². The maximum Gasteiger partial charge on any atom is 0.326 e. The number of nitrogens with zero attached hydrogens (tertiary/aromatic N) is 1. The maximum atomic E-state index is 12.5. The van der Waals surface area contributed by atoms with Crippen LogP contribution < -0.4 is 5.32 Å². The first-order valence-corrected chi connectivity index (χ1v) is 8.91. The highest BCUT2D eigenvalue weighted by molar-refractivity contribution is 5.91. The molecule has 1 heterocycles. The summed E-state index contributed by atoms with van der Waals surface area (Å²) in [5.41, 5.74) is 1.83. The van der Waals surface area contributed by atoms with Crippen LogP contribution in [0.4, 0.5) is 0 Å². The number of likely N-dealkylation sites (tertiary alicyclic amines) is 1. The summed E-state index contributed by atoms with van der Waals surface area (Å²) >= 11 is 0. The molecule has 2 N–H and O–H groups in total. The lowest BCUT2D eigenvalue weighted by atomic mass is 10.0. The highest BCUT2D eigenvalue weighted by Gasteiger charge is 2.35. The van der Waals surface area contributed by atoms with Crippen LogP contribution in [0.2, 0.25) is 0 Å². The Balaban J connectivity index is 1.59. The van der Waals surface area contributed by atoms with Crippen LogP contribution in [0.25, 0.3) is 0 Å². The topological polar surface area (TPSA) is 86.7 Å². The van der Waals surface area contributed by atoms with Crippen molar-refractivity contribution in [3.05, 3.63) is 71.8 Å². The van der Waals surface area contributed by atoms with Crippen molar-refractivity contribution in [2.24, 2.45) is 5.92 Å². The lowest BCUT2D eigenvalue weighted by molar-refractivity contribution is -0.142. The first-order chi connectivity index (χ1) is 13.0. The Morgan fingerprint density at radius 3 is 2.22 bits per heavy atom. The number of aliphatic carboxylic acids is 1. The van der Waals surface area contributed by atoms with Crippen LogP contribution in [0.15, 0.2) is 60.7 Å². The zero-order valence-electron chi connectivity index (χ0n) is 14.9. The van der Waals surface area contributed by atoms with Gasteiger partial charge in [0.1, 0.15) is 6.04 Å². The van der Waals surface area contributed by atoms with E-state index in [1.807, 2.05) is 60.7 Å². The van der Waals surface area contributed by atoms with Crippen LogP contribution in [-0.4, -0.2) is 40.4 Å². The van der Waals surface area contributed by atoms with Gasteiger partial charge in [0.05, 0.1) is 5.92 Å². The van der Waals surface area contributed by atoms with Crippen molar-refractivity contribution in [1.82, 2.24) is 10.2 Å². The molecule has 6 heteroatoms. The quantitative estimate of drug-likeness (QED) is 0.783. The second kappa shape index (κ2) is 8.49. The van der Waals surface area contributed by atoms with Gasteiger partial charge in [0.15, 0.2) is 0 Å². The summed E-state index contributed by atoms with van der Waals surface area (Å²) < 4.78 is 0. The van der Waals surface area contributed by atoms with Gasteiger partial charge in [0.25, 0.3) is 0 Å². The van der Waals surface area contributed by atoms with Crippen LogP contribution >= 0.6 is 0 Å². The summed E-state index contributed by atoms with van der Waals surface area (Å²) in [6, 6.07) is 17.7. The van der Waals surface area contributed by atoms with E-state index in [2.05, 4.69) is 5.32 Å². The molecule has 0 spiro atoms. The Morgan fingerprint density at radius 1 is 1.04 bits per heavy atom. The van der Waals surface area contributed by atoms with Crippen molar-refractivity contribution in [2.45, 2.75) is 25.4 Å². The molecule has 0 aliphatic carbocycles. The Labute approximate surface area is 157 Å². The van der Waals surface area contributed by atoms with Crippen molar-refractivity contribution >= 4 is 17.8 Å². The predicted molar refractivity (Wildman–Crippen MR) is 99.7 cm³/mol. The lowest BCUT2D eigenvalue weighted by Crippen LogP contribution is -2.45. The molecule has 2 atom stereocenters. The molecule has 2 unspecified atom stereocenters. The summed E-state index contributed by atoms with van der Waals surface area (Å²) in [7, 11) is 0. The van der Waals surface area contributed by atoms with Gasteiger partial charge in [-0.25, -0.2) is 4.79 Å². The Bertz CT molecular complexity index is 807. The molecule has 0 saturated carbocycles. The van der Waals surface area contributed by atoms with Gasteiger partial charge in [-0.2, -0.15) is 0 Å². The Morgan fingerprint density at radius 2 is 1.63 bits per heavy atom. The highest BCUT2D eigenvalue weighted by Crippen LogP contribution is 2.20. The molecule has 6 nitrogen and oxygen atoms in total. The average Bonchev–Trinajstić information content (AvgIpc) is 3.03. The number of benzene rings is 2. The summed E-state index contributed by atoms with van der Waals surface area (Å²) in [4.78, 5) is 38.0. The third-order valence-corrected chi connectivity index (χ3v) is 4.70. The minimum atomic E-state index is -1.09. The van der Waals surface area contributed by atoms with Gasteiger partial charge in [-0.1, -0.05) is 60.7 Å². The molecule has 1 saturated heterocycles. The largest absolute Gasteiger partial charge is 0.480 e. The minimum absolute atomic E-state index is 0.0889. The van der Waals surface area contributed by atoms with E-state index < -0.39 is 17.9 Å². The molecule has 140 valence electrons. The van der Waals surface area contributed by atoms with E-state index in [1.165, 1.54) is 0 Å². The van der Waals surface area contributed by atoms with Crippen molar-refractivity contribution in [2.75, 3.05) is 6.54 Å². The van der Waals surface area contributed by atoms with Crippen LogP contribution in [0, 0.1) is 5.92 Å². The van der Waals surface area contributed by atoms with Crippen LogP contribution in [0.3, 0.4) is 0 Å². The molecular formula is C21H22N2O4. The second-order valence-corrected chi connectivity index (χ2v) is 6.75. The molecule has 0 radical (unpaired) electrons. The molecule has 2 aromatic carbocycles. The van der Waals surface area contributed by atoms with E-state index in [9.17, 15) is 19.5 Å². The number of amides is 2. The monoisotopic (exact) mass is 366 g/mol. The molecule has 0 bridgehead atoms. The van der Waals surface area contributed by atoms with Crippen molar-refractivity contribution in [1.29, 1.82) is 0 Å². The molecule has 2 aromatic rings. The number of carbonyl (C=O) groups excluding carboxylic acids is 2. The standard InChI is InChI=1S/C21H22N2O4/c24-19-12-17(14-23(19)13-16-9-5-2-6-10-16)20(25)22-18(21(26)27)11-15-7-3-1-4-8-15/h1-10,17-18H,11-14H2,(H,22,25)(H,26,27). The van der Waals surface area contributed by atoms with Crippen LogP contribution in [0.5, 0.6) is 0 Å². The van der Waals surface area contributed by atoms with E-state index in [1.54, 1.807) is 4.90 Å². The molecule has 3 rings (SSSR count). The van der Waals surface area contributed by atoms with Gasteiger partial charge < -0.3 is 15.3 Å². The van der Waals surface area contributed by atoms with Crippen molar-refractivity contribution < 1.29 is 19.5 Å². The fraction of sp³-hybridized carbons (Fsp3) is 0.286. The van der Waals surface area contributed by atoms with E-state index in [4.69, 9.17) is 0 Å². The molecule has 0 aromatic heterocycles. The number of hydrogen-bond donors (Lipinski definition) is 2. The Hall–Kier alpha value is -3.15. The average molecular weight is 366 g/mol. The minimum Gasteiger partial charge on any atom is -0.480 e. The normalized spacial score (nSPS) is 17.6. The molecular weight excluding hydrogens is 344 g/mol. The van der Waals surface area contributed by atoms with Gasteiger partial charge in [0.2, 0.25) is 11.8 Å². The molecule has 1 aliphatic rings. The first-order valence-electron chi connectivity index (χ1n) is 8.91. The zero-order chi connectivity index (χ0) is 19.2. The van der Waals surface area contributed by atoms with E-state index >= 15 is 0 Å². The fourth-order valence-electron chi connectivity index (χ4n) is 3.24. The number of carbonyl (C=O) groups is 3. The summed E-state index contributed by atoms with van der Waals surface area (Å²) in [6.45, 7) is 0.757. The molecule has 1 aliphatic heterocycles. The van der Waals surface area contributed by atoms with Crippen molar-refractivity contribution in [3.8, 4) is 0 Å². The van der Waals surface area contributed by atoms with Gasteiger partial charge in [-0.15, -0.1) is 0 Å². The second-order valence-electron chi connectivity index (χ2n) is 6.75. The number of rotatable bonds is 7. The fourth-order valence-corrected chi connectivity index (χ4v) is 3.24. The summed E-state index contributed by atoms with van der Waals surface area (Å²) in [5.74, 6) is -2.09. The third kappa shape index (κ3) is 4.94. The van der Waals surface area contributed by atoms with Gasteiger partial charge in [-0.3, -0.25) is 9.59 Å². The number of carboxylic acids is 1. The Kier molecular flexibility index (Phi) is 5.86. The SMILES string of the molecule is O=C(NC(Cc1ccccc1)C(=O)O)C1CC(=O)N(Cc2ccccc2)C1. The zero-order valence-corrected chi connectivity index (χ0v) is 14.9. The van der Waals surface area contributed by atoms with Gasteiger partial charge in [-0.05, 0) is 11.1 Å². The van der Waals surface area contributed by atoms with Gasteiger partial charge in [0, 0.05) is 25.9 Å². The molecule has 2 amide bonds. The number of hydrogen-bond acceptors (Lipinski definition) is 3. The number of nitrogens with one attached hydrogen (secondary N) is 1. The first kappa shape index (κ1) is 18.6. The highest BCUT2D eigenvalue weighted by atomic mass is 16.4. The summed E-state index contributed by atoms with van der Waals surface area (Å²) in [6.07, 6.45) is 0.312.